The summed E-state index contributed by atoms with van der Waals surface area (Å²) in [6.07, 6.45) is 0.805. The first-order valence-electron chi connectivity index (χ1n) is 6.22. The van der Waals surface area contributed by atoms with Gasteiger partial charge in [0, 0.05) is 15.4 Å². The maximum Gasteiger partial charge on any atom is 0.176 e. The third kappa shape index (κ3) is 3.95. The first kappa shape index (κ1) is 14.4. The molecule has 1 nitrogen and oxygen atoms in total. The van der Waals surface area contributed by atoms with Crippen LogP contribution in [0.2, 0.25) is 0 Å². The summed E-state index contributed by atoms with van der Waals surface area (Å²) in [7, 11) is 0. The van der Waals surface area contributed by atoms with Crippen LogP contribution in [-0.2, 0) is 0 Å². The summed E-state index contributed by atoms with van der Waals surface area (Å²) in [6.45, 7) is 2.00. The minimum atomic E-state index is -0.0832. The number of hydrogen-bond acceptors (Lipinski definition) is 2. The predicted molar refractivity (Wildman–Crippen MR) is 84.3 cm³/mol. The molecule has 0 saturated carbocycles. The Balaban J connectivity index is 2.09. The molecule has 3 heteroatoms. The third-order valence-corrected chi connectivity index (χ3v) is 4.84. The second-order valence-corrected chi connectivity index (χ2v) is 6.43. The molecule has 2 rings (SSSR count). The van der Waals surface area contributed by atoms with Crippen molar-refractivity contribution in [3.8, 4) is 0 Å². The van der Waals surface area contributed by atoms with Crippen LogP contribution in [0.3, 0.4) is 0 Å². The molecule has 0 N–H and O–H groups in total. The molecule has 0 heterocycles. The highest BCUT2D eigenvalue weighted by atomic mass is 79.9. The standard InChI is InChI=1S/C16H15BrOS/c1-2-15(17)16(18)12-8-10-14(11-9-12)19-13-6-4-3-5-7-13/h3-11,15H,2H2,1H3. The van der Waals surface area contributed by atoms with Crippen LogP contribution in [0.25, 0.3) is 0 Å². The Labute approximate surface area is 126 Å². The highest BCUT2D eigenvalue weighted by molar-refractivity contribution is 9.10. The van der Waals surface area contributed by atoms with Crippen LogP contribution in [0.5, 0.6) is 0 Å². The molecule has 0 saturated heterocycles. The van der Waals surface area contributed by atoms with Crippen molar-refractivity contribution in [1.29, 1.82) is 0 Å². The quantitative estimate of drug-likeness (QED) is 0.552. The van der Waals surface area contributed by atoms with Gasteiger partial charge in [-0.3, -0.25) is 4.79 Å². The van der Waals surface area contributed by atoms with E-state index < -0.39 is 0 Å². The van der Waals surface area contributed by atoms with Gasteiger partial charge in [-0.15, -0.1) is 0 Å². The van der Waals surface area contributed by atoms with Gasteiger partial charge in [0.1, 0.15) is 0 Å². The Morgan fingerprint density at radius 1 is 1.05 bits per heavy atom. The van der Waals surface area contributed by atoms with Crippen molar-refractivity contribution in [2.75, 3.05) is 0 Å². The Hall–Kier alpha value is -1.06. The zero-order valence-electron chi connectivity index (χ0n) is 10.7. The molecule has 2 aromatic carbocycles. The van der Waals surface area contributed by atoms with Crippen LogP contribution in [0.4, 0.5) is 0 Å². The summed E-state index contributed by atoms with van der Waals surface area (Å²) >= 11 is 5.10. The van der Waals surface area contributed by atoms with Crippen LogP contribution in [-0.4, -0.2) is 10.6 Å². The average molecular weight is 335 g/mol. The molecule has 1 atom stereocenters. The number of rotatable bonds is 5. The van der Waals surface area contributed by atoms with Gasteiger partial charge < -0.3 is 0 Å². The fraction of sp³-hybridized carbons (Fsp3) is 0.188. The molecule has 0 radical (unpaired) electrons. The Morgan fingerprint density at radius 3 is 2.21 bits per heavy atom. The number of halogens is 1. The number of carbonyl (C=O) groups is 1. The van der Waals surface area contributed by atoms with E-state index in [1.165, 1.54) is 4.90 Å². The van der Waals surface area contributed by atoms with Crippen LogP contribution in [0, 0.1) is 0 Å². The molecular formula is C16H15BrOS. The summed E-state index contributed by atoms with van der Waals surface area (Å²) in [5, 5.41) is 0. The third-order valence-electron chi connectivity index (χ3n) is 2.76. The second kappa shape index (κ2) is 6.92. The molecule has 1 unspecified atom stereocenters. The fourth-order valence-electron chi connectivity index (χ4n) is 1.68. The van der Waals surface area contributed by atoms with E-state index >= 15 is 0 Å². The molecular weight excluding hydrogens is 320 g/mol. The van der Waals surface area contributed by atoms with E-state index in [2.05, 4.69) is 28.1 Å². The van der Waals surface area contributed by atoms with Crippen molar-refractivity contribution in [3.63, 3.8) is 0 Å². The molecule has 2 aromatic rings. The second-order valence-electron chi connectivity index (χ2n) is 4.18. The van der Waals surface area contributed by atoms with Crippen molar-refractivity contribution in [1.82, 2.24) is 0 Å². The summed E-state index contributed by atoms with van der Waals surface area (Å²) in [5.74, 6) is 0.152. The van der Waals surface area contributed by atoms with Crippen molar-refractivity contribution >= 4 is 33.5 Å². The van der Waals surface area contributed by atoms with Crippen LogP contribution in [0.1, 0.15) is 23.7 Å². The van der Waals surface area contributed by atoms with Crippen molar-refractivity contribution < 1.29 is 4.79 Å². The Morgan fingerprint density at radius 2 is 1.63 bits per heavy atom. The Bertz CT molecular complexity index is 536. The van der Waals surface area contributed by atoms with Crippen molar-refractivity contribution in [3.05, 3.63) is 60.2 Å². The highest BCUT2D eigenvalue weighted by Gasteiger charge is 2.14. The van der Waals surface area contributed by atoms with Gasteiger partial charge in [-0.2, -0.15) is 0 Å². The minimum Gasteiger partial charge on any atom is -0.293 e. The SMILES string of the molecule is CCC(Br)C(=O)c1ccc(Sc2ccccc2)cc1. The van der Waals surface area contributed by atoms with Crippen molar-refractivity contribution in [2.24, 2.45) is 0 Å². The molecule has 0 aliphatic carbocycles. The lowest BCUT2D eigenvalue weighted by molar-refractivity contribution is 0.0990. The number of ketones is 1. The highest BCUT2D eigenvalue weighted by Crippen LogP contribution is 2.27. The molecule has 0 spiro atoms. The molecule has 98 valence electrons. The van der Waals surface area contributed by atoms with Gasteiger partial charge in [0.15, 0.2) is 5.78 Å². The lowest BCUT2D eigenvalue weighted by Gasteiger charge is -2.07. The largest absolute Gasteiger partial charge is 0.293 e. The zero-order valence-corrected chi connectivity index (χ0v) is 13.1. The number of carbonyl (C=O) groups excluding carboxylic acids is 1. The van der Waals surface area contributed by atoms with E-state index in [4.69, 9.17) is 0 Å². The topological polar surface area (TPSA) is 17.1 Å². The summed E-state index contributed by atoms with van der Waals surface area (Å²) < 4.78 is 0. The molecule has 0 amide bonds. The van der Waals surface area contributed by atoms with Gasteiger partial charge in [0.25, 0.3) is 0 Å². The molecule has 0 aliphatic heterocycles. The maximum atomic E-state index is 12.0. The lowest BCUT2D eigenvalue weighted by Crippen LogP contribution is -2.12. The van der Waals surface area contributed by atoms with Gasteiger partial charge in [-0.25, -0.2) is 0 Å². The minimum absolute atomic E-state index is 0.0832. The summed E-state index contributed by atoms with van der Waals surface area (Å²) in [6, 6.07) is 18.0. The monoisotopic (exact) mass is 334 g/mol. The smallest absolute Gasteiger partial charge is 0.176 e. The van der Waals surface area contributed by atoms with E-state index in [1.807, 2.05) is 49.4 Å². The fourth-order valence-corrected chi connectivity index (χ4v) is 2.78. The maximum absolute atomic E-state index is 12.0. The average Bonchev–Trinajstić information content (AvgIpc) is 2.47. The summed E-state index contributed by atoms with van der Waals surface area (Å²) in [4.78, 5) is 14.3. The Kier molecular flexibility index (Phi) is 5.23. The lowest BCUT2D eigenvalue weighted by atomic mass is 10.1. The molecule has 0 aliphatic rings. The van der Waals surface area contributed by atoms with Gasteiger partial charge in [-0.05, 0) is 30.7 Å². The number of Topliss-reactive ketones (excluding diaryl/α,β-unsaturated/α-hetero) is 1. The zero-order chi connectivity index (χ0) is 13.7. The molecule has 19 heavy (non-hydrogen) atoms. The van der Waals surface area contributed by atoms with Gasteiger partial charge in [-0.1, -0.05) is 64.9 Å². The first-order chi connectivity index (χ1) is 9.20. The molecule has 0 aromatic heterocycles. The van der Waals surface area contributed by atoms with Gasteiger partial charge in [0.2, 0.25) is 0 Å². The first-order valence-corrected chi connectivity index (χ1v) is 7.95. The normalized spacial score (nSPS) is 12.1. The van der Waals surface area contributed by atoms with E-state index in [0.29, 0.717) is 0 Å². The van der Waals surface area contributed by atoms with E-state index in [9.17, 15) is 4.79 Å². The number of hydrogen-bond donors (Lipinski definition) is 0. The molecule has 0 fully saturated rings. The van der Waals surface area contributed by atoms with E-state index in [-0.39, 0.29) is 10.6 Å². The van der Waals surface area contributed by atoms with Gasteiger partial charge in [0.05, 0.1) is 4.83 Å². The van der Waals surface area contributed by atoms with Crippen LogP contribution in [0.15, 0.2) is 64.4 Å². The summed E-state index contributed by atoms with van der Waals surface area (Å²) in [5.41, 5.74) is 0.765. The van der Waals surface area contributed by atoms with Gasteiger partial charge >= 0.3 is 0 Å². The predicted octanol–water partition coefficient (Wildman–Crippen LogP) is 5.19. The molecule has 0 bridgehead atoms. The van der Waals surface area contributed by atoms with Crippen LogP contribution < -0.4 is 0 Å². The number of alkyl halides is 1. The van der Waals surface area contributed by atoms with E-state index in [0.717, 1.165) is 16.9 Å². The number of benzene rings is 2. The van der Waals surface area contributed by atoms with Crippen molar-refractivity contribution in [2.45, 2.75) is 28.0 Å². The van der Waals surface area contributed by atoms with Crippen LogP contribution >= 0.6 is 27.7 Å². The van der Waals surface area contributed by atoms with E-state index in [1.54, 1.807) is 11.8 Å².